The summed E-state index contributed by atoms with van der Waals surface area (Å²) in [6.07, 6.45) is 1.85. The molecule has 0 atom stereocenters. The van der Waals surface area contributed by atoms with Crippen LogP contribution in [0.2, 0.25) is 0 Å². The standard InChI is InChI=1S/C7H16O3SSi/c1-5-6-11-7-12(8-2,9-3)10-4/h5H,1,6-7H2,2-4H3. The lowest BCUT2D eigenvalue weighted by atomic mass is 10.8. The van der Waals surface area contributed by atoms with E-state index in [0.717, 1.165) is 11.1 Å². The molecule has 0 heterocycles. The van der Waals surface area contributed by atoms with E-state index in [1.54, 1.807) is 33.1 Å². The highest BCUT2D eigenvalue weighted by atomic mass is 32.2. The van der Waals surface area contributed by atoms with Crippen molar-refractivity contribution in [3.63, 3.8) is 0 Å². The average molecular weight is 208 g/mol. The zero-order valence-corrected chi connectivity index (χ0v) is 9.65. The van der Waals surface area contributed by atoms with Crippen LogP contribution in [0, 0.1) is 0 Å². The molecule has 12 heavy (non-hydrogen) atoms. The second kappa shape index (κ2) is 6.68. The van der Waals surface area contributed by atoms with Crippen LogP contribution in [0.15, 0.2) is 12.7 Å². The van der Waals surface area contributed by atoms with Crippen molar-refractivity contribution in [3.8, 4) is 0 Å². The van der Waals surface area contributed by atoms with Gasteiger partial charge in [0.2, 0.25) is 0 Å². The Bertz CT molecular complexity index is 120. The molecule has 0 fully saturated rings. The molecule has 0 saturated carbocycles. The van der Waals surface area contributed by atoms with Gasteiger partial charge in [0.1, 0.15) is 0 Å². The van der Waals surface area contributed by atoms with Crippen LogP contribution in [0.5, 0.6) is 0 Å². The van der Waals surface area contributed by atoms with E-state index in [0.29, 0.717) is 0 Å². The van der Waals surface area contributed by atoms with Gasteiger partial charge in [-0.05, 0) is 0 Å². The molecule has 0 aromatic heterocycles. The number of rotatable bonds is 7. The summed E-state index contributed by atoms with van der Waals surface area (Å²) in [5.74, 6) is 0.894. The van der Waals surface area contributed by atoms with Gasteiger partial charge < -0.3 is 13.3 Å². The predicted octanol–water partition coefficient (Wildman–Crippen LogP) is 1.32. The molecule has 0 aliphatic heterocycles. The van der Waals surface area contributed by atoms with Crippen molar-refractivity contribution in [1.82, 2.24) is 0 Å². The molecular formula is C7H16O3SSi. The molecule has 0 N–H and O–H groups in total. The van der Waals surface area contributed by atoms with E-state index in [4.69, 9.17) is 13.3 Å². The first-order valence-electron chi connectivity index (χ1n) is 3.58. The lowest BCUT2D eigenvalue weighted by molar-refractivity contribution is 0.130. The Morgan fingerprint density at radius 1 is 1.25 bits per heavy atom. The molecule has 0 spiro atoms. The summed E-state index contributed by atoms with van der Waals surface area (Å²) >= 11 is 1.70. The summed E-state index contributed by atoms with van der Waals surface area (Å²) in [4.78, 5) is 0. The van der Waals surface area contributed by atoms with E-state index in [1.165, 1.54) is 0 Å². The fourth-order valence-electron chi connectivity index (χ4n) is 0.694. The summed E-state index contributed by atoms with van der Waals surface area (Å²) in [5, 5.41) is 0.766. The third-order valence-electron chi connectivity index (χ3n) is 1.45. The van der Waals surface area contributed by atoms with Gasteiger partial charge in [0.15, 0.2) is 0 Å². The quantitative estimate of drug-likeness (QED) is 0.358. The van der Waals surface area contributed by atoms with Crippen LogP contribution in [0.4, 0.5) is 0 Å². The van der Waals surface area contributed by atoms with E-state index in [1.807, 2.05) is 6.08 Å². The van der Waals surface area contributed by atoms with Crippen LogP contribution in [0.25, 0.3) is 0 Å². The van der Waals surface area contributed by atoms with Crippen molar-refractivity contribution in [2.24, 2.45) is 0 Å². The zero-order chi connectivity index (χ0) is 9.45. The maximum absolute atomic E-state index is 5.22. The third-order valence-corrected chi connectivity index (χ3v) is 6.02. The average Bonchev–Trinajstić information content (AvgIpc) is 2.14. The van der Waals surface area contributed by atoms with Crippen LogP contribution in [0.1, 0.15) is 0 Å². The lowest BCUT2D eigenvalue weighted by Gasteiger charge is -2.23. The molecule has 0 radical (unpaired) electrons. The number of thioether (sulfide) groups is 1. The SMILES string of the molecule is C=CCSC[Si](OC)(OC)OC. The van der Waals surface area contributed by atoms with Crippen LogP contribution in [-0.4, -0.2) is 41.3 Å². The van der Waals surface area contributed by atoms with Crippen molar-refractivity contribution in [2.45, 2.75) is 0 Å². The molecular weight excluding hydrogens is 192 g/mol. The van der Waals surface area contributed by atoms with E-state index < -0.39 is 8.80 Å². The first-order chi connectivity index (χ1) is 5.74. The maximum atomic E-state index is 5.22. The lowest BCUT2D eigenvalue weighted by Crippen LogP contribution is -2.46. The summed E-state index contributed by atoms with van der Waals surface area (Å²) in [5.41, 5.74) is 0. The van der Waals surface area contributed by atoms with Crippen molar-refractivity contribution in [3.05, 3.63) is 12.7 Å². The third kappa shape index (κ3) is 3.73. The maximum Gasteiger partial charge on any atom is 0.510 e. The highest BCUT2D eigenvalue weighted by Crippen LogP contribution is 2.13. The Kier molecular flexibility index (Phi) is 6.78. The molecule has 0 aliphatic carbocycles. The van der Waals surface area contributed by atoms with Gasteiger partial charge in [0.25, 0.3) is 0 Å². The Hall–Kier alpha value is 0.187. The number of hydrogen-bond donors (Lipinski definition) is 0. The van der Waals surface area contributed by atoms with Crippen LogP contribution >= 0.6 is 11.8 Å². The van der Waals surface area contributed by atoms with Crippen molar-refractivity contribution in [2.75, 3.05) is 32.5 Å². The topological polar surface area (TPSA) is 27.7 Å². The zero-order valence-electron chi connectivity index (χ0n) is 7.83. The Labute approximate surface area is 79.5 Å². The smallest absolute Gasteiger partial charge is 0.376 e. The fourth-order valence-corrected chi connectivity index (χ4v) is 4.25. The minimum atomic E-state index is -2.34. The summed E-state index contributed by atoms with van der Waals surface area (Å²) in [7, 11) is 2.52. The molecule has 3 nitrogen and oxygen atoms in total. The van der Waals surface area contributed by atoms with E-state index >= 15 is 0 Å². The van der Waals surface area contributed by atoms with Gasteiger partial charge in [-0.1, -0.05) is 6.08 Å². The van der Waals surface area contributed by atoms with E-state index in [-0.39, 0.29) is 0 Å². The van der Waals surface area contributed by atoms with Crippen molar-refractivity contribution < 1.29 is 13.3 Å². The van der Waals surface area contributed by atoms with Gasteiger partial charge in [-0.15, -0.1) is 6.58 Å². The minimum absolute atomic E-state index is 0.766. The van der Waals surface area contributed by atoms with Gasteiger partial charge in [0.05, 0.1) is 5.38 Å². The molecule has 0 amide bonds. The van der Waals surface area contributed by atoms with E-state index in [9.17, 15) is 0 Å². The van der Waals surface area contributed by atoms with Crippen LogP contribution < -0.4 is 0 Å². The first-order valence-corrected chi connectivity index (χ1v) is 6.67. The fraction of sp³-hybridized carbons (Fsp3) is 0.714. The van der Waals surface area contributed by atoms with Gasteiger partial charge in [-0.3, -0.25) is 0 Å². The predicted molar refractivity (Wildman–Crippen MR) is 54.3 cm³/mol. The highest BCUT2D eigenvalue weighted by Gasteiger charge is 2.37. The molecule has 5 heteroatoms. The molecule has 0 rings (SSSR count). The largest absolute Gasteiger partial charge is 0.510 e. The second-order valence-corrected chi connectivity index (χ2v) is 6.59. The van der Waals surface area contributed by atoms with Crippen molar-refractivity contribution in [1.29, 1.82) is 0 Å². The molecule has 0 aliphatic rings. The molecule has 0 aromatic rings. The molecule has 72 valence electrons. The normalized spacial score (nSPS) is 11.6. The molecule has 0 bridgehead atoms. The Morgan fingerprint density at radius 2 is 1.75 bits per heavy atom. The monoisotopic (exact) mass is 208 g/mol. The summed E-state index contributed by atoms with van der Waals surface area (Å²) in [6, 6.07) is 0. The molecule has 0 saturated heterocycles. The molecule has 0 unspecified atom stereocenters. The highest BCUT2D eigenvalue weighted by molar-refractivity contribution is 8.00. The van der Waals surface area contributed by atoms with Gasteiger partial charge in [-0.2, -0.15) is 11.8 Å². The first kappa shape index (κ1) is 12.2. The molecule has 0 aromatic carbocycles. The summed E-state index contributed by atoms with van der Waals surface area (Å²) < 4.78 is 15.7. The number of hydrogen-bond acceptors (Lipinski definition) is 4. The van der Waals surface area contributed by atoms with E-state index in [2.05, 4.69) is 6.58 Å². The summed E-state index contributed by atoms with van der Waals surface area (Å²) in [6.45, 7) is 3.63. The van der Waals surface area contributed by atoms with Crippen LogP contribution in [-0.2, 0) is 13.3 Å². The Balaban J connectivity index is 3.84. The Morgan fingerprint density at radius 3 is 2.08 bits per heavy atom. The minimum Gasteiger partial charge on any atom is -0.376 e. The van der Waals surface area contributed by atoms with Gasteiger partial charge >= 0.3 is 8.80 Å². The van der Waals surface area contributed by atoms with Gasteiger partial charge in [0, 0.05) is 27.1 Å². The van der Waals surface area contributed by atoms with Crippen molar-refractivity contribution >= 4 is 20.6 Å². The second-order valence-electron chi connectivity index (χ2n) is 2.10. The van der Waals surface area contributed by atoms with Gasteiger partial charge in [-0.25, -0.2) is 0 Å². The van der Waals surface area contributed by atoms with Crippen LogP contribution in [0.3, 0.4) is 0 Å².